The molecule has 124 valence electrons. The van der Waals surface area contributed by atoms with Crippen LogP contribution in [-0.2, 0) is 22.8 Å². The van der Waals surface area contributed by atoms with E-state index in [9.17, 15) is 8.42 Å². The van der Waals surface area contributed by atoms with Crippen LogP contribution in [0.4, 0.5) is 0 Å². The molecule has 5 nitrogen and oxygen atoms in total. The number of methoxy groups -OCH3 is 1. The number of rotatable bonds is 4. The standard InChI is InChI=1S/C15H21NO4S.ClH/c1-10-5-11-6-14(19-2)12(7-15(11)20-10)8-16-13-3-4-21(17,18)9-13;/h6-7,10,13,16H,3-5,8-9H2,1-2H3;1H. The first-order chi connectivity index (χ1) is 9.97. The van der Waals surface area contributed by atoms with Crippen LogP contribution in [0.15, 0.2) is 12.1 Å². The van der Waals surface area contributed by atoms with Crippen LogP contribution in [0.1, 0.15) is 24.5 Å². The molecule has 0 spiro atoms. The Morgan fingerprint density at radius 2 is 2.18 bits per heavy atom. The van der Waals surface area contributed by atoms with Crippen molar-refractivity contribution in [2.45, 2.75) is 38.5 Å². The van der Waals surface area contributed by atoms with E-state index in [2.05, 4.69) is 5.32 Å². The number of halogens is 1. The van der Waals surface area contributed by atoms with Crippen molar-refractivity contribution in [3.8, 4) is 11.5 Å². The number of fused-ring (bicyclic) bond motifs is 1. The molecule has 0 radical (unpaired) electrons. The first kappa shape index (κ1) is 17.4. The third-order valence-corrected chi connectivity index (χ3v) is 5.88. The summed E-state index contributed by atoms with van der Waals surface area (Å²) in [5.41, 5.74) is 2.18. The Balaban J connectivity index is 0.00000176. The van der Waals surface area contributed by atoms with Gasteiger partial charge in [-0.25, -0.2) is 8.42 Å². The van der Waals surface area contributed by atoms with Gasteiger partial charge in [0, 0.05) is 30.1 Å². The summed E-state index contributed by atoms with van der Waals surface area (Å²) in [6.07, 6.45) is 1.79. The maximum atomic E-state index is 11.5. The molecular formula is C15H22ClNO4S. The number of benzene rings is 1. The van der Waals surface area contributed by atoms with E-state index in [1.807, 2.05) is 19.1 Å². The molecule has 0 aromatic heterocycles. The quantitative estimate of drug-likeness (QED) is 0.898. The van der Waals surface area contributed by atoms with Crippen LogP contribution >= 0.6 is 12.4 Å². The summed E-state index contributed by atoms with van der Waals surface area (Å²) in [5.74, 6) is 2.26. The SMILES string of the molecule is COc1cc2c(cc1CNC1CCS(=O)(=O)C1)OC(C)C2.Cl. The molecule has 0 saturated carbocycles. The van der Waals surface area contributed by atoms with Gasteiger partial charge >= 0.3 is 0 Å². The Bertz CT molecular complexity index is 647. The average molecular weight is 348 g/mol. The monoisotopic (exact) mass is 347 g/mol. The predicted octanol–water partition coefficient (Wildman–Crippen LogP) is 1.72. The minimum atomic E-state index is -2.85. The van der Waals surface area contributed by atoms with E-state index in [0.29, 0.717) is 13.0 Å². The summed E-state index contributed by atoms with van der Waals surface area (Å²) in [4.78, 5) is 0. The number of hydrogen-bond acceptors (Lipinski definition) is 5. The predicted molar refractivity (Wildman–Crippen MR) is 87.9 cm³/mol. The van der Waals surface area contributed by atoms with E-state index in [1.54, 1.807) is 7.11 Å². The number of ether oxygens (including phenoxy) is 2. The fourth-order valence-electron chi connectivity index (χ4n) is 3.02. The molecule has 1 N–H and O–H groups in total. The minimum Gasteiger partial charge on any atom is -0.496 e. The van der Waals surface area contributed by atoms with E-state index in [0.717, 1.165) is 23.5 Å². The van der Waals surface area contributed by atoms with Gasteiger partial charge in [0.1, 0.15) is 17.6 Å². The highest BCUT2D eigenvalue weighted by Crippen LogP contribution is 2.35. The maximum Gasteiger partial charge on any atom is 0.151 e. The molecule has 0 bridgehead atoms. The molecule has 2 aliphatic heterocycles. The fourth-order valence-corrected chi connectivity index (χ4v) is 4.73. The van der Waals surface area contributed by atoms with Gasteiger partial charge in [-0.15, -0.1) is 12.4 Å². The Morgan fingerprint density at radius 1 is 1.41 bits per heavy atom. The van der Waals surface area contributed by atoms with Gasteiger partial charge in [0.2, 0.25) is 0 Å². The Morgan fingerprint density at radius 3 is 2.82 bits per heavy atom. The zero-order valence-electron chi connectivity index (χ0n) is 12.8. The van der Waals surface area contributed by atoms with Crippen molar-refractivity contribution in [3.05, 3.63) is 23.3 Å². The third kappa shape index (κ3) is 3.67. The fraction of sp³-hybridized carbons (Fsp3) is 0.600. The Kier molecular flexibility index (Phi) is 5.25. The lowest BCUT2D eigenvalue weighted by Crippen LogP contribution is -2.29. The second-order valence-electron chi connectivity index (χ2n) is 5.89. The summed E-state index contributed by atoms with van der Waals surface area (Å²) in [6, 6.07) is 4.07. The third-order valence-electron chi connectivity index (χ3n) is 4.11. The highest BCUT2D eigenvalue weighted by atomic mass is 35.5. The van der Waals surface area contributed by atoms with Gasteiger partial charge in [-0.1, -0.05) is 0 Å². The molecule has 3 rings (SSSR count). The van der Waals surface area contributed by atoms with Crippen LogP contribution in [0.5, 0.6) is 11.5 Å². The van der Waals surface area contributed by atoms with Crippen LogP contribution in [-0.4, -0.2) is 39.2 Å². The molecule has 2 heterocycles. The van der Waals surface area contributed by atoms with Crippen LogP contribution in [0, 0.1) is 0 Å². The second-order valence-corrected chi connectivity index (χ2v) is 8.11. The maximum absolute atomic E-state index is 11.5. The highest BCUT2D eigenvalue weighted by molar-refractivity contribution is 7.91. The molecule has 2 unspecified atom stereocenters. The van der Waals surface area contributed by atoms with Gasteiger partial charge in [0.25, 0.3) is 0 Å². The molecule has 2 aliphatic rings. The van der Waals surface area contributed by atoms with Crippen LogP contribution in [0.25, 0.3) is 0 Å². The number of nitrogens with one attached hydrogen (secondary N) is 1. The van der Waals surface area contributed by atoms with E-state index in [1.165, 1.54) is 5.56 Å². The molecular weight excluding hydrogens is 326 g/mol. The lowest BCUT2D eigenvalue weighted by atomic mass is 10.1. The first-order valence-corrected chi connectivity index (χ1v) is 9.09. The Hall–Kier alpha value is -0.980. The number of hydrogen-bond donors (Lipinski definition) is 1. The van der Waals surface area contributed by atoms with Crippen molar-refractivity contribution in [2.75, 3.05) is 18.6 Å². The molecule has 0 aliphatic carbocycles. The topological polar surface area (TPSA) is 64.6 Å². The van der Waals surface area contributed by atoms with Gasteiger partial charge in [-0.05, 0) is 25.5 Å². The van der Waals surface area contributed by atoms with Crippen molar-refractivity contribution in [1.82, 2.24) is 5.32 Å². The summed E-state index contributed by atoms with van der Waals surface area (Å²) >= 11 is 0. The lowest BCUT2D eigenvalue weighted by molar-refractivity contribution is 0.254. The van der Waals surface area contributed by atoms with Crippen LogP contribution < -0.4 is 14.8 Å². The zero-order valence-corrected chi connectivity index (χ0v) is 14.4. The minimum absolute atomic E-state index is 0. The summed E-state index contributed by atoms with van der Waals surface area (Å²) in [6.45, 7) is 2.64. The van der Waals surface area contributed by atoms with Crippen molar-refractivity contribution < 1.29 is 17.9 Å². The molecule has 22 heavy (non-hydrogen) atoms. The normalized spacial score (nSPS) is 25.2. The van der Waals surface area contributed by atoms with Crippen LogP contribution in [0.2, 0.25) is 0 Å². The van der Waals surface area contributed by atoms with Gasteiger partial charge in [-0.2, -0.15) is 0 Å². The molecule has 1 aromatic carbocycles. The largest absolute Gasteiger partial charge is 0.496 e. The molecule has 2 atom stereocenters. The number of sulfone groups is 1. The van der Waals surface area contributed by atoms with Gasteiger partial charge in [0.15, 0.2) is 9.84 Å². The van der Waals surface area contributed by atoms with E-state index in [-0.39, 0.29) is 36.1 Å². The van der Waals surface area contributed by atoms with E-state index < -0.39 is 9.84 Å². The zero-order chi connectivity index (χ0) is 15.0. The first-order valence-electron chi connectivity index (χ1n) is 7.27. The lowest BCUT2D eigenvalue weighted by Gasteiger charge is -2.14. The molecule has 1 fully saturated rings. The van der Waals surface area contributed by atoms with Crippen molar-refractivity contribution in [2.24, 2.45) is 0 Å². The molecule has 1 saturated heterocycles. The van der Waals surface area contributed by atoms with E-state index in [4.69, 9.17) is 9.47 Å². The summed E-state index contributed by atoms with van der Waals surface area (Å²) in [7, 11) is -1.19. The van der Waals surface area contributed by atoms with Crippen molar-refractivity contribution in [1.29, 1.82) is 0 Å². The molecule has 0 amide bonds. The van der Waals surface area contributed by atoms with Gasteiger partial charge < -0.3 is 14.8 Å². The van der Waals surface area contributed by atoms with Crippen molar-refractivity contribution in [3.63, 3.8) is 0 Å². The Labute approximate surface area is 137 Å². The second kappa shape index (κ2) is 6.64. The highest BCUT2D eigenvalue weighted by Gasteiger charge is 2.28. The van der Waals surface area contributed by atoms with Gasteiger partial charge in [-0.3, -0.25) is 0 Å². The smallest absolute Gasteiger partial charge is 0.151 e. The summed E-state index contributed by atoms with van der Waals surface area (Å²) < 4.78 is 34.2. The molecule has 1 aromatic rings. The van der Waals surface area contributed by atoms with E-state index >= 15 is 0 Å². The van der Waals surface area contributed by atoms with Gasteiger partial charge in [0.05, 0.1) is 18.6 Å². The van der Waals surface area contributed by atoms with Crippen LogP contribution in [0.3, 0.4) is 0 Å². The average Bonchev–Trinajstić information content (AvgIpc) is 2.95. The summed E-state index contributed by atoms with van der Waals surface area (Å²) in [5, 5.41) is 3.32. The van der Waals surface area contributed by atoms with Crippen molar-refractivity contribution >= 4 is 22.2 Å². The molecule has 7 heteroatoms.